The predicted molar refractivity (Wildman–Crippen MR) is 98.1 cm³/mol. The second kappa shape index (κ2) is 8.32. The number of likely N-dealkylation sites (tertiary alicyclic amines) is 1. The molecule has 0 bridgehead atoms. The van der Waals surface area contributed by atoms with Gasteiger partial charge in [-0.3, -0.25) is 9.59 Å². The minimum Gasteiger partial charge on any atom is -0.355 e. The van der Waals surface area contributed by atoms with Crippen molar-refractivity contribution in [3.05, 3.63) is 70.5 Å². The Morgan fingerprint density at radius 1 is 1.19 bits per heavy atom. The summed E-state index contributed by atoms with van der Waals surface area (Å²) in [4.78, 5) is 26.2. The molecule has 1 saturated heterocycles. The van der Waals surface area contributed by atoms with E-state index in [0.29, 0.717) is 36.6 Å². The van der Waals surface area contributed by atoms with Gasteiger partial charge in [0.1, 0.15) is 5.82 Å². The normalized spacial score (nSPS) is 16.8. The Kier molecular flexibility index (Phi) is 5.89. The maximum Gasteiger partial charge on any atom is 0.225 e. The van der Waals surface area contributed by atoms with E-state index in [9.17, 15) is 14.0 Å². The zero-order valence-corrected chi connectivity index (χ0v) is 15.0. The quantitative estimate of drug-likeness (QED) is 0.844. The number of hydrogen-bond donors (Lipinski definition) is 1. The molecule has 2 aromatic rings. The smallest absolute Gasteiger partial charge is 0.225 e. The number of rotatable bonds is 6. The fourth-order valence-electron chi connectivity index (χ4n) is 3.08. The first-order chi connectivity index (χ1) is 12.5. The molecular weight excluding hydrogens is 355 g/mol. The molecule has 26 heavy (non-hydrogen) atoms. The highest BCUT2D eigenvalue weighted by Gasteiger charge is 2.34. The van der Waals surface area contributed by atoms with Crippen molar-refractivity contribution in [2.24, 2.45) is 5.92 Å². The molecule has 1 aliphatic heterocycles. The summed E-state index contributed by atoms with van der Waals surface area (Å²) in [5.74, 6) is -0.829. The average molecular weight is 375 g/mol. The second-order valence-corrected chi connectivity index (χ2v) is 6.87. The van der Waals surface area contributed by atoms with Crippen molar-refractivity contribution in [2.75, 3.05) is 13.1 Å². The summed E-state index contributed by atoms with van der Waals surface area (Å²) in [5, 5.41) is 3.46. The van der Waals surface area contributed by atoms with Crippen molar-refractivity contribution in [1.82, 2.24) is 10.2 Å². The van der Waals surface area contributed by atoms with Crippen LogP contribution >= 0.6 is 11.6 Å². The van der Waals surface area contributed by atoms with Crippen LogP contribution in [0.4, 0.5) is 4.39 Å². The van der Waals surface area contributed by atoms with Crippen LogP contribution in [-0.2, 0) is 22.6 Å². The van der Waals surface area contributed by atoms with Crippen LogP contribution in [0.2, 0.25) is 5.02 Å². The third-order valence-electron chi connectivity index (χ3n) is 4.52. The van der Waals surface area contributed by atoms with Gasteiger partial charge in [-0.1, -0.05) is 41.9 Å². The largest absolute Gasteiger partial charge is 0.355 e. The van der Waals surface area contributed by atoms with E-state index in [1.165, 1.54) is 6.07 Å². The van der Waals surface area contributed by atoms with Crippen molar-refractivity contribution in [1.29, 1.82) is 0 Å². The fourth-order valence-corrected chi connectivity index (χ4v) is 3.20. The zero-order chi connectivity index (χ0) is 18.5. The fraction of sp³-hybridized carbons (Fsp3) is 0.300. The molecule has 0 aromatic heterocycles. The third-order valence-corrected chi connectivity index (χ3v) is 4.78. The highest BCUT2D eigenvalue weighted by molar-refractivity contribution is 6.30. The van der Waals surface area contributed by atoms with E-state index in [2.05, 4.69) is 5.32 Å². The van der Waals surface area contributed by atoms with E-state index in [0.717, 1.165) is 5.56 Å². The van der Waals surface area contributed by atoms with Crippen molar-refractivity contribution < 1.29 is 14.0 Å². The van der Waals surface area contributed by atoms with Gasteiger partial charge in [-0.2, -0.15) is 0 Å². The molecule has 1 unspecified atom stereocenters. The van der Waals surface area contributed by atoms with Gasteiger partial charge in [0, 0.05) is 31.1 Å². The molecule has 3 rings (SSSR count). The molecular formula is C20H20ClFN2O2. The van der Waals surface area contributed by atoms with Crippen molar-refractivity contribution in [3.63, 3.8) is 0 Å². The standard InChI is InChI=1S/C20H20ClFN2O2/c21-17-7-5-14(6-8-17)12-24-13-16(11-19(24)25)20(26)23-10-9-15-3-1-2-4-18(15)22/h1-8,16H,9-13H2,(H,23,26). The highest BCUT2D eigenvalue weighted by atomic mass is 35.5. The molecule has 0 saturated carbocycles. The van der Waals surface area contributed by atoms with E-state index >= 15 is 0 Å². The van der Waals surface area contributed by atoms with Gasteiger partial charge in [0.25, 0.3) is 0 Å². The molecule has 1 heterocycles. The number of carbonyl (C=O) groups excluding carboxylic acids is 2. The van der Waals surface area contributed by atoms with Crippen LogP contribution in [0.3, 0.4) is 0 Å². The number of halogens is 2. The highest BCUT2D eigenvalue weighted by Crippen LogP contribution is 2.21. The molecule has 0 aliphatic carbocycles. The molecule has 6 heteroatoms. The van der Waals surface area contributed by atoms with Gasteiger partial charge in [-0.15, -0.1) is 0 Å². The van der Waals surface area contributed by atoms with E-state index < -0.39 is 0 Å². The van der Waals surface area contributed by atoms with E-state index in [-0.39, 0.29) is 30.0 Å². The number of hydrogen-bond acceptors (Lipinski definition) is 2. The predicted octanol–water partition coefficient (Wildman–Crippen LogP) is 3.19. The van der Waals surface area contributed by atoms with E-state index in [1.54, 1.807) is 35.2 Å². The van der Waals surface area contributed by atoms with Crippen LogP contribution in [0.1, 0.15) is 17.5 Å². The first-order valence-corrected chi connectivity index (χ1v) is 8.94. The van der Waals surface area contributed by atoms with Crippen molar-refractivity contribution >= 4 is 23.4 Å². The zero-order valence-electron chi connectivity index (χ0n) is 14.3. The number of nitrogens with one attached hydrogen (secondary N) is 1. The second-order valence-electron chi connectivity index (χ2n) is 6.43. The summed E-state index contributed by atoms with van der Waals surface area (Å²) in [6.07, 6.45) is 0.632. The van der Waals surface area contributed by atoms with Gasteiger partial charge >= 0.3 is 0 Å². The maximum absolute atomic E-state index is 13.6. The number of benzene rings is 2. The summed E-state index contributed by atoms with van der Waals surface area (Å²) in [6.45, 7) is 1.21. The summed E-state index contributed by atoms with van der Waals surface area (Å²) in [6, 6.07) is 13.8. The SMILES string of the molecule is O=C(NCCc1ccccc1F)C1CC(=O)N(Cc2ccc(Cl)cc2)C1. The molecule has 136 valence electrons. The number of nitrogens with zero attached hydrogens (tertiary/aromatic N) is 1. The monoisotopic (exact) mass is 374 g/mol. The van der Waals surface area contributed by atoms with Crippen LogP contribution in [-0.4, -0.2) is 29.8 Å². The molecule has 1 fully saturated rings. The van der Waals surface area contributed by atoms with Crippen LogP contribution < -0.4 is 5.32 Å². The van der Waals surface area contributed by atoms with Gasteiger partial charge in [0.15, 0.2) is 0 Å². The van der Waals surface area contributed by atoms with Crippen LogP contribution in [0, 0.1) is 11.7 Å². The first-order valence-electron chi connectivity index (χ1n) is 8.56. The summed E-state index contributed by atoms with van der Waals surface area (Å²) < 4.78 is 13.6. The Hall–Kier alpha value is -2.40. The van der Waals surface area contributed by atoms with E-state index in [1.807, 2.05) is 12.1 Å². The molecule has 0 radical (unpaired) electrons. The van der Waals surface area contributed by atoms with Crippen molar-refractivity contribution in [2.45, 2.75) is 19.4 Å². The maximum atomic E-state index is 13.6. The lowest BCUT2D eigenvalue weighted by molar-refractivity contribution is -0.129. The molecule has 1 N–H and O–H groups in total. The Bertz CT molecular complexity index is 795. The van der Waals surface area contributed by atoms with Gasteiger partial charge < -0.3 is 10.2 Å². The minimum absolute atomic E-state index is 0.0331. The third kappa shape index (κ3) is 4.61. The minimum atomic E-state index is -0.365. The van der Waals surface area contributed by atoms with Crippen molar-refractivity contribution in [3.8, 4) is 0 Å². The molecule has 0 spiro atoms. The van der Waals surface area contributed by atoms with Gasteiger partial charge in [0.2, 0.25) is 11.8 Å². The molecule has 2 aromatic carbocycles. The number of amides is 2. The summed E-state index contributed by atoms with van der Waals surface area (Å²) in [5.41, 5.74) is 1.54. The Labute approximate surface area is 157 Å². The lowest BCUT2D eigenvalue weighted by atomic mass is 10.1. The lowest BCUT2D eigenvalue weighted by Gasteiger charge is -2.17. The Balaban J connectivity index is 1.49. The Morgan fingerprint density at radius 2 is 1.92 bits per heavy atom. The average Bonchev–Trinajstić information content (AvgIpc) is 2.99. The lowest BCUT2D eigenvalue weighted by Crippen LogP contribution is -2.34. The van der Waals surface area contributed by atoms with Crippen LogP contribution in [0.15, 0.2) is 48.5 Å². The Morgan fingerprint density at radius 3 is 2.65 bits per heavy atom. The summed E-state index contributed by atoms with van der Waals surface area (Å²) in [7, 11) is 0. The molecule has 2 amide bonds. The topological polar surface area (TPSA) is 49.4 Å². The molecule has 1 aliphatic rings. The summed E-state index contributed by atoms with van der Waals surface area (Å²) >= 11 is 5.87. The van der Waals surface area contributed by atoms with Gasteiger partial charge in [0.05, 0.1) is 5.92 Å². The first kappa shape index (κ1) is 18.4. The molecule has 4 nitrogen and oxygen atoms in total. The molecule has 1 atom stereocenters. The van der Waals surface area contributed by atoms with Gasteiger partial charge in [-0.25, -0.2) is 4.39 Å². The van der Waals surface area contributed by atoms with Crippen LogP contribution in [0.5, 0.6) is 0 Å². The van der Waals surface area contributed by atoms with Crippen LogP contribution in [0.25, 0.3) is 0 Å². The van der Waals surface area contributed by atoms with E-state index in [4.69, 9.17) is 11.6 Å². The number of carbonyl (C=O) groups is 2. The van der Waals surface area contributed by atoms with Gasteiger partial charge in [-0.05, 0) is 35.7 Å².